The van der Waals surface area contributed by atoms with Crippen LogP contribution in [0.4, 0.5) is 10.5 Å². The van der Waals surface area contributed by atoms with E-state index in [0.717, 1.165) is 0 Å². The summed E-state index contributed by atoms with van der Waals surface area (Å²) < 4.78 is 0. The van der Waals surface area contributed by atoms with Crippen molar-refractivity contribution in [3.8, 4) is 12.3 Å². The number of aliphatic hydroxyl groups excluding tert-OH is 1. The third-order valence-corrected chi connectivity index (χ3v) is 3.85. The molecular formula is C14H18N2O2S. The highest BCUT2D eigenvalue weighted by atomic mass is 32.2. The maximum Gasteiger partial charge on any atom is 0.319 e. The van der Waals surface area contributed by atoms with Crippen LogP contribution in [0, 0.1) is 12.3 Å². The van der Waals surface area contributed by atoms with Crippen molar-refractivity contribution in [1.29, 1.82) is 0 Å². The summed E-state index contributed by atoms with van der Waals surface area (Å²) >= 11 is 1.51. The highest BCUT2D eigenvalue weighted by Crippen LogP contribution is 2.12. The van der Waals surface area contributed by atoms with Gasteiger partial charge in [-0.3, -0.25) is 0 Å². The number of amides is 2. The topological polar surface area (TPSA) is 61.4 Å². The van der Waals surface area contributed by atoms with E-state index < -0.39 is 0 Å². The molecule has 0 bridgehead atoms. The summed E-state index contributed by atoms with van der Waals surface area (Å²) in [5.74, 6) is 2.51. The van der Waals surface area contributed by atoms with Gasteiger partial charge in [0.1, 0.15) is 0 Å². The van der Waals surface area contributed by atoms with Crippen molar-refractivity contribution in [2.75, 3.05) is 18.2 Å². The first kappa shape index (κ1) is 15.4. The Morgan fingerprint density at radius 1 is 1.58 bits per heavy atom. The van der Waals surface area contributed by atoms with Gasteiger partial charge in [0.05, 0.1) is 6.61 Å². The summed E-state index contributed by atoms with van der Waals surface area (Å²) in [6.07, 6.45) is 7.19. The fourth-order valence-corrected chi connectivity index (χ4v) is 2.22. The molecule has 5 heteroatoms. The molecule has 0 aliphatic carbocycles. The van der Waals surface area contributed by atoms with Gasteiger partial charge in [-0.05, 0) is 31.4 Å². The number of nitrogens with one attached hydrogen (secondary N) is 2. The molecule has 0 saturated carbocycles. The fourth-order valence-electron chi connectivity index (χ4n) is 1.59. The van der Waals surface area contributed by atoms with E-state index in [1.54, 1.807) is 24.3 Å². The van der Waals surface area contributed by atoms with E-state index in [-0.39, 0.29) is 23.9 Å². The zero-order valence-electron chi connectivity index (χ0n) is 11.0. The molecule has 3 N–H and O–H groups in total. The van der Waals surface area contributed by atoms with Gasteiger partial charge in [0.25, 0.3) is 0 Å². The summed E-state index contributed by atoms with van der Waals surface area (Å²) in [6, 6.07) is 6.63. The van der Waals surface area contributed by atoms with Gasteiger partial charge >= 0.3 is 6.03 Å². The molecule has 102 valence electrons. The van der Waals surface area contributed by atoms with Crippen LogP contribution in [0.25, 0.3) is 0 Å². The Balaban J connectivity index is 2.58. The minimum absolute atomic E-state index is 0.0230. The third kappa shape index (κ3) is 4.86. The lowest BCUT2D eigenvalue weighted by atomic mass is 10.2. The molecule has 0 spiro atoms. The number of anilines is 1. The van der Waals surface area contributed by atoms with E-state index in [2.05, 4.69) is 16.6 Å². The molecule has 0 aromatic heterocycles. The molecule has 0 aliphatic heterocycles. The predicted molar refractivity (Wildman–Crippen MR) is 80.4 cm³/mol. The van der Waals surface area contributed by atoms with Crippen LogP contribution in [0.1, 0.15) is 12.5 Å². The average Bonchev–Trinajstić information content (AvgIpc) is 2.40. The van der Waals surface area contributed by atoms with Crippen molar-refractivity contribution in [3.63, 3.8) is 0 Å². The monoisotopic (exact) mass is 278 g/mol. The number of hydrogen-bond donors (Lipinski definition) is 3. The highest BCUT2D eigenvalue weighted by Gasteiger charge is 2.17. The summed E-state index contributed by atoms with van der Waals surface area (Å²) in [6.45, 7) is 1.88. The molecule has 2 amide bonds. The van der Waals surface area contributed by atoms with E-state index in [1.165, 1.54) is 11.8 Å². The second-order valence-electron chi connectivity index (χ2n) is 4.07. The zero-order chi connectivity index (χ0) is 14.3. The van der Waals surface area contributed by atoms with E-state index in [4.69, 9.17) is 11.5 Å². The van der Waals surface area contributed by atoms with Crippen LogP contribution in [0.2, 0.25) is 0 Å². The standard InChI is InChI=1S/C14H18N2O2S/c1-4-11-6-5-7-12(8-11)16-14(18)15-10(2)13(9-17)19-3/h1,5-8,10,13,17H,9H2,2-3H3,(H2,15,16,18)/t10-,13-/m0/s1. The molecule has 1 aromatic rings. The maximum atomic E-state index is 11.8. The van der Waals surface area contributed by atoms with Gasteiger partial charge in [-0.2, -0.15) is 11.8 Å². The number of urea groups is 1. The molecule has 0 heterocycles. The number of hydrogen-bond acceptors (Lipinski definition) is 3. The van der Waals surface area contributed by atoms with Crippen LogP contribution >= 0.6 is 11.8 Å². The van der Waals surface area contributed by atoms with Crippen molar-refractivity contribution in [2.24, 2.45) is 0 Å². The number of thioether (sulfide) groups is 1. The van der Waals surface area contributed by atoms with Crippen LogP contribution in [-0.4, -0.2) is 35.3 Å². The lowest BCUT2D eigenvalue weighted by Crippen LogP contribution is -2.43. The first-order valence-corrected chi connectivity index (χ1v) is 7.17. The third-order valence-electron chi connectivity index (χ3n) is 2.69. The van der Waals surface area contributed by atoms with Gasteiger partial charge in [0, 0.05) is 22.5 Å². The summed E-state index contributed by atoms with van der Waals surface area (Å²) in [5.41, 5.74) is 1.35. The number of aliphatic hydroxyl groups is 1. The van der Waals surface area contributed by atoms with Crippen molar-refractivity contribution in [1.82, 2.24) is 5.32 Å². The van der Waals surface area contributed by atoms with E-state index in [0.29, 0.717) is 11.3 Å². The fraction of sp³-hybridized carbons (Fsp3) is 0.357. The van der Waals surface area contributed by atoms with E-state index >= 15 is 0 Å². The molecule has 1 aromatic carbocycles. The smallest absolute Gasteiger partial charge is 0.319 e. The number of carbonyl (C=O) groups excluding carboxylic acids is 1. The van der Waals surface area contributed by atoms with Gasteiger partial charge in [0.2, 0.25) is 0 Å². The van der Waals surface area contributed by atoms with Crippen molar-refractivity contribution in [2.45, 2.75) is 18.2 Å². The van der Waals surface area contributed by atoms with Crippen molar-refractivity contribution >= 4 is 23.5 Å². The van der Waals surface area contributed by atoms with Crippen LogP contribution < -0.4 is 10.6 Å². The van der Waals surface area contributed by atoms with E-state index in [1.807, 2.05) is 13.2 Å². The first-order chi connectivity index (χ1) is 9.10. The van der Waals surface area contributed by atoms with Crippen LogP contribution in [0.3, 0.4) is 0 Å². The summed E-state index contributed by atoms with van der Waals surface area (Å²) in [5, 5.41) is 14.6. The molecule has 0 radical (unpaired) electrons. The molecule has 0 aliphatic rings. The number of carbonyl (C=O) groups is 1. The van der Waals surface area contributed by atoms with Crippen LogP contribution in [-0.2, 0) is 0 Å². The van der Waals surface area contributed by atoms with Gasteiger partial charge in [-0.25, -0.2) is 4.79 Å². The molecule has 19 heavy (non-hydrogen) atoms. The molecule has 0 unspecified atom stereocenters. The van der Waals surface area contributed by atoms with Crippen molar-refractivity contribution < 1.29 is 9.90 Å². The molecule has 0 fully saturated rings. The molecular weight excluding hydrogens is 260 g/mol. The van der Waals surface area contributed by atoms with Crippen molar-refractivity contribution in [3.05, 3.63) is 29.8 Å². The highest BCUT2D eigenvalue weighted by molar-refractivity contribution is 7.99. The largest absolute Gasteiger partial charge is 0.395 e. The van der Waals surface area contributed by atoms with E-state index in [9.17, 15) is 4.79 Å². The minimum Gasteiger partial charge on any atom is -0.395 e. The Labute approximate surface area is 118 Å². The summed E-state index contributed by atoms with van der Waals surface area (Å²) in [7, 11) is 0. The Hall–Kier alpha value is -1.64. The van der Waals surface area contributed by atoms with Gasteiger partial charge in [-0.15, -0.1) is 6.42 Å². The second kappa shape index (κ2) is 7.72. The molecule has 0 saturated heterocycles. The maximum absolute atomic E-state index is 11.8. The zero-order valence-corrected chi connectivity index (χ0v) is 11.8. The quantitative estimate of drug-likeness (QED) is 0.721. The normalized spacial score (nSPS) is 13.2. The second-order valence-corrected chi connectivity index (χ2v) is 5.15. The Bertz CT molecular complexity index is 467. The predicted octanol–water partition coefficient (Wildman–Crippen LogP) is 1.90. The Morgan fingerprint density at radius 2 is 2.32 bits per heavy atom. The van der Waals surface area contributed by atoms with Crippen LogP contribution in [0.15, 0.2) is 24.3 Å². The summed E-state index contributed by atoms with van der Waals surface area (Å²) in [4.78, 5) is 11.8. The minimum atomic E-state index is -0.311. The number of terminal acetylenes is 1. The lowest BCUT2D eigenvalue weighted by molar-refractivity contribution is 0.243. The SMILES string of the molecule is C#Cc1cccc(NC(=O)N[C@@H](C)[C@H](CO)SC)c1. The van der Waals surface area contributed by atoms with Gasteiger partial charge in [-0.1, -0.05) is 12.0 Å². The van der Waals surface area contributed by atoms with Crippen LogP contribution in [0.5, 0.6) is 0 Å². The molecule has 1 rings (SSSR count). The number of benzene rings is 1. The van der Waals surface area contributed by atoms with Gasteiger partial charge < -0.3 is 15.7 Å². The number of rotatable bonds is 5. The van der Waals surface area contributed by atoms with Gasteiger partial charge in [0.15, 0.2) is 0 Å². The Kier molecular flexibility index (Phi) is 6.26. The molecule has 4 nitrogen and oxygen atoms in total. The lowest BCUT2D eigenvalue weighted by Gasteiger charge is -2.21. The molecule has 2 atom stereocenters. The first-order valence-electron chi connectivity index (χ1n) is 5.88. The Morgan fingerprint density at radius 3 is 2.89 bits per heavy atom. The average molecular weight is 278 g/mol.